The molecule has 0 saturated carbocycles. The predicted octanol–water partition coefficient (Wildman–Crippen LogP) is 3.00. The van der Waals surface area contributed by atoms with Gasteiger partial charge in [0.2, 0.25) is 0 Å². The van der Waals surface area contributed by atoms with Crippen molar-refractivity contribution in [1.82, 2.24) is 10.6 Å². The predicted molar refractivity (Wildman–Crippen MR) is 76.6 cm³/mol. The first-order chi connectivity index (χ1) is 9.86. The summed E-state index contributed by atoms with van der Waals surface area (Å²) in [5, 5.41) is 5.72. The fraction of sp³-hybridized carbons (Fsp3) is 0.500. The molecule has 1 unspecified atom stereocenters. The summed E-state index contributed by atoms with van der Waals surface area (Å²) in [6, 6.07) is 1.85. The number of rotatable bonds is 4. The van der Waals surface area contributed by atoms with Crippen molar-refractivity contribution in [3.05, 3.63) is 35.1 Å². The van der Waals surface area contributed by atoms with Crippen LogP contribution in [-0.4, -0.2) is 25.5 Å². The lowest BCUT2D eigenvalue weighted by molar-refractivity contribution is -0.137. The number of carbonyl (C=O) groups is 1. The van der Waals surface area contributed by atoms with Crippen molar-refractivity contribution in [2.24, 2.45) is 5.92 Å². The van der Waals surface area contributed by atoms with Crippen LogP contribution in [0.4, 0.5) is 17.6 Å². The van der Waals surface area contributed by atoms with Crippen molar-refractivity contribution in [1.29, 1.82) is 0 Å². The van der Waals surface area contributed by atoms with E-state index >= 15 is 0 Å². The largest absolute Gasteiger partial charge is 0.416 e. The Labute approximate surface area is 131 Å². The van der Waals surface area contributed by atoms with E-state index in [1.807, 2.05) is 0 Å². The number of hydrogen-bond donors (Lipinski definition) is 2. The molecule has 0 bridgehead atoms. The molecule has 0 aliphatic carbocycles. The molecule has 1 atom stereocenters. The van der Waals surface area contributed by atoms with E-state index in [9.17, 15) is 22.4 Å². The summed E-state index contributed by atoms with van der Waals surface area (Å²) in [4.78, 5) is 11.8. The Bertz CT molecular complexity index is 516. The fourth-order valence-corrected chi connectivity index (χ4v) is 2.34. The van der Waals surface area contributed by atoms with Gasteiger partial charge in [-0.1, -0.05) is 0 Å². The molecule has 2 rings (SSSR count). The van der Waals surface area contributed by atoms with Crippen LogP contribution in [0.25, 0.3) is 0 Å². The van der Waals surface area contributed by atoms with E-state index in [0.717, 1.165) is 32.0 Å². The van der Waals surface area contributed by atoms with E-state index in [1.54, 1.807) is 0 Å². The molecule has 1 aliphatic heterocycles. The summed E-state index contributed by atoms with van der Waals surface area (Å²) >= 11 is 0. The molecular formula is C14H17ClF4N2O. The first-order valence-corrected chi connectivity index (χ1v) is 6.73. The molecule has 1 aromatic rings. The van der Waals surface area contributed by atoms with Crippen molar-refractivity contribution < 1.29 is 22.4 Å². The van der Waals surface area contributed by atoms with E-state index in [0.29, 0.717) is 24.6 Å². The van der Waals surface area contributed by atoms with Gasteiger partial charge in [-0.25, -0.2) is 4.39 Å². The zero-order valence-corrected chi connectivity index (χ0v) is 12.5. The van der Waals surface area contributed by atoms with Crippen LogP contribution in [0.15, 0.2) is 18.2 Å². The first-order valence-electron chi connectivity index (χ1n) is 6.73. The lowest BCUT2D eigenvalue weighted by Crippen LogP contribution is -2.27. The first kappa shape index (κ1) is 18.7. The molecular weight excluding hydrogens is 324 g/mol. The average Bonchev–Trinajstić information content (AvgIpc) is 2.90. The average molecular weight is 341 g/mol. The SMILES string of the molecule is Cl.O=C(NCCC1CCNC1)c1cc(F)cc(C(F)(F)F)c1. The molecule has 0 radical (unpaired) electrons. The van der Waals surface area contributed by atoms with Gasteiger partial charge in [-0.3, -0.25) is 4.79 Å². The van der Waals surface area contributed by atoms with Gasteiger partial charge in [0.1, 0.15) is 5.82 Å². The molecule has 1 amide bonds. The Kier molecular flexibility index (Phi) is 6.62. The monoisotopic (exact) mass is 340 g/mol. The van der Waals surface area contributed by atoms with Crippen molar-refractivity contribution in [2.45, 2.75) is 19.0 Å². The smallest absolute Gasteiger partial charge is 0.352 e. The highest BCUT2D eigenvalue weighted by Crippen LogP contribution is 2.30. The number of halogens is 5. The maximum absolute atomic E-state index is 13.2. The standard InChI is InChI=1S/C14H16F4N2O.ClH/c15-12-6-10(5-11(7-12)14(16,17)18)13(21)20-4-2-9-1-3-19-8-9;/h5-7,9,19H,1-4,8H2,(H,20,21);1H. The number of nitrogens with one attached hydrogen (secondary N) is 2. The normalized spacial score (nSPS) is 17.9. The maximum atomic E-state index is 13.2. The Morgan fingerprint density at radius 2 is 2.05 bits per heavy atom. The zero-order chi connectivity index (χ0) is 15.5. The molecule has 3 nitrogen and oxygen atoms in total. The van der Waals surface area contributed by atoms with E-state index in [-0.39, 0.29) is 18.0 Å². The second-order valence-corrected chi connectivity index (χ2v) is 5.13. The van der Waals surface area contributed by atoms with Crippen molar-refractivity contribution in [3.8, 4) is 0 Å². The summed E-state index contributed by atoms with van der Waals surface area (Å²) in [6.07, 6.45) is -2.90. The number of hydrogen-bond acceptors (Lipinski definition) is 2. The van der Waals surface area contributed by atoms with Gasteiger partial charge in [0.25, 0.3) is 5.91 Å². The van der Waals surface area contributed by atoms with Crippen LogP contribution in [0.2, 0.25) is 0 Å². The van der Waals surface area contributed by atoms with Crippen LogP contribution in [0.5, 0.6) is 0 Å². The van der Waals surface area contributed by atoms with Gasteiger partial charge in [-0.2, -0.15) is 13.2 Å². The van der Waals surface area contributed by atoms with Gasteiger partial charge < -0.3 is 10.6 Å². The van der Waals surface area contributed by atoms with Gasteiger partial charge in [0.15, 0.2) is 0 Å². The Morgan fingerprint density at radius 3 is 2.64 bits per heavy atom. The molecule has 1 saturated heterocycles. The third-order valence-electron chi connectivity index (χ3n) is 3.49. The molecule has 22 heavy (non-hydrogen) atoms. The molecule has 1 aromatic carbocycles. The Morgan fingerprint density at radius 1 is 1.32 bits per heavy atom. The van der Waals surface area contributed by atoms with E-state index in [1.165, 1.54) is 0 Å². The van der Waals surface area contributed by atoms with Gasteiger partial charge >= 0.3 is 6.18 Å². The highest BCUT2D eigenvalue weighted by Gasteiger charge is 2.32. The number of benzene rings is 1. The molecule has 2 N–H and O–H groups in total. The second-order valence-electron chi connectivity index (χ2n) is 5.13. The molecule has 0 spiro atoms. The minimum Gasteiger partial charge on any atom is -0.352 e. The molecule has 8 heteroatoms. The molecule has 124 valence electrons. The summed E-state index contributed by atoms with van der Waals surface area (Å²) < 4.78 is 50.9. The van der Waals surface area contributed by atoms with Gasteiger partial charge in [-0.15, -0.1) is 12.4 Å². The van der Waals surface area contributed by atoms with E-state index in [4.69, 9.17) is 0 Å². The van der Waals surface area contributed by atoms with Crippen LogP contribution in [0.1, 0.15) is 28.8 Å². The lowest BCUT2D eigenvalue weighted by Gasteiger charge is -2.11. The van der Waals surface area contributed by atoms with Crippen LogP contribution in [-0.2, 0) is 6.18 Å². The molecule has 0 aromatic heterocycles. The van der Waals surface area contributed by atoms with Gasteiger partial charge in [0, 0.05) is 12.1 Å². The number of carbonyl (C=O) groups excluding carboxylic acids is 1. The summed E-state index contributed by atoms with van der Waals surface area (Å²) in [6.45, 7) is 2.19. The molecule has 1 aliphatic rings. The Hall–Kier alpha value is -1.34. The van der Waals surface area contributed by atoms with Gasteiger partial charge in [0.05, 0.1) is 5.56 Å². The highest BCUT2D eigenvalue weighted by atomic mass is 35.5. The summed E-state index contributed by atoms with van der Waals surface area (Å²) in [5.74, 6) is -1.30. The molecule has 1 fully saturated rings. The maximum Gasteiger partial charge on any atom is 0.416 e. The number of alkyl halides is 3. The van der Waals surface area contributed by atoms with Crippen LogP contribution < -0.4 is 10.6 Å². The number of amides is 1. The van der Waals surface area contributed by atoms with Crippen LogP contribution in [0, 0.1) is 11.7 Å². The Balaban J connectivity index is 0.00000242. The van der Waals surface area contributed by atoms with Crippen LogP contribution >= 0.6 is 12.4 Å². The second kappa shape index (κ2) is 7.78. The quantitative estimate of drug-likeness (QED) is 0.827. The summed E-state index contributed by atoms with van der Waals surface area (Å²) in [5.41, 5.74) is -1.47. The minimum absolute atomic E-state index is 0. The van der Waals surface area contributed by atoms with Crippen molar-refractivity contribution in [2.75, 3.05) is 19.6 Å². The van der Waals surface area contributed by atoms with E-state index in [2.05, 4.69) is 10.6 Å². The topological polar surface area (TPSA) is 41.1 Å². The van der Waals surface area contributed by atoms with Crippen molar-refractivity contribution >= 4 is 18.3 Å². The third-order valence-corrected chi connectivity index (χ3v) is 3.49. The lowest BCUT2D eigenvalue weighted by atomic mass is 10.0. The van der Waals surface area contributed by atoms with Crippen LogP contribution in [0.3, 0.4) is 0 Å². The highest BCUT2D eigenvalue weighted by molar-refractivity contribution is 5.94. The zero-order valence-electron chi connectivity index (χ0n) is 11.7. The minimum atomic E-state index is -4.67. The van der Waals surface area contributed by atoms with Gasteiger partial charge in [-0.05, 0) is 50.0 Å². The van der Waals surface area contributed by atoms with Crippen molar-refractivity contribution in [3.63, 3.8) is 0 Å². The fourth-order valence-electron chi connectivity index (χ4n) is 2.34. The molecule has 1 heterocycles. The third kappa shape index (κ3) is 5.14. The van der Waals surface area contributed by atoms with E-state index < -0.39 is 23.5 Å². The summed E-state index contributed by atoms with van der Waals surface area (Å²) in [7, 11) is 0.